The Morgan fingerprint density at radius 3 is 2.31 bits per heavy atom. The van der Waals surface area contributed by atoms with Crippen LogP contribution in [-0.2, 0) is 28.9 Å². The molecule has 0 bridgehead atoms. The number of carboxylic acids is 1. The highest BCUT2D eigenvalue weighted by Gasteiger charge is 2.41. The summed E-state index contributed by atoms with van der Waals surface area (Å²) in [6, 6.07) is 18.5. The highest BCUT2D eigenvalue weighted by atomic mass is 35.5. The normalized spacial score (nSPS) is 17.9. The zero-order valence-corrected chi connectivity index (χ0v) is 28.9. The van der Waals surface area contributed by atoms with Crippen LogP contribution < -0.4 is 9.47 Å². The van der Waals surface area contributed by atoms with Gasteiger partial charge in [-0.3, -0.25) is 14.6 Å². The molecule has 1 saturated heterocycles. The fourth-order valence-corrected chi connectivity index (χ4v) is 8.20. The number of hydrogen-bond donors (Lipinski definition) is 1. The van der Waals surface area contributed by atoms with Crippen molar-refractivity contribution in [2.75, 3.05) is 54.1 Å². The van der Waals surface area contributed by atoms with Gasteiger partial charge >= 0.3 is 5.97 Å². The van der Waals surface area contributed by atoms with Crippen LogP contribution in [0.4, 0.5) is 0 Å². The minimum atomic E-state index is -0.726. The first-order valence-corrected chi connectivity index (χ1v) is 17.1. The van der Waals surface area contributed by atoms with Gasteiger partial charge in [0.25, 0.3) is 0 Å². The molecule has 7 rings (SSSR count). The van der Waals surface area contributed by atoms with E-state index in [0.717, 1.165) is 89.3 Å². The molecule has 1 atom stereocenters. The number of nitrogens with zero attached hydrogens (tertiary/aromatic N) is 3. The van der Waals surface area contributed by atoms with Gasteiger partial charge in [0.05, 0.1) is 42.5 Å². The molecule has 250 valence electrons. The first kappa shape index (κ1) is 32.9. The lowest BCUT2D eigenvalue weighted by Crippen LogP contribution is -2.51. The van der Waals surface area contributed by atoms with E-state index in [1.54, 1.807) is 21.3 Å². The lowest BCUT2D eigenvalue weighted by molar-refractivity contribution is -0.148. The van der Waals surface area contributed by atoms with Gasteiger partial charge in [-0.05, 0) is 48.1 Å². The largest absolute Gasteiger partial charge is 0.496 e. The number of halogens is 2. The Hall–Kier alpha value is -3.66. The molecule has 3 aliphatic rings. The molecular formula is C38H39Cl2N3O5. The van der Waals surface area contributed by atoms with E-state index in [-0.39, 0.29) is 12.0 Å². The molecule has 1 aromatic heterocycles. The predicted molar refractivity (Wildman–Crippen MR) is 188 cm³/mol. The molecule has 2 aliphatic heterocycles. The zero-order chi connectivity index (χ0) is 33.5. The number of fused-ring (bicyclic) bond motifs is 2. The Labute approximate surface area is 291 Å². The molecule has 48 heavy (non-hydrogen) atoms. The van der Waals surface area contributed by atoms with Crippen molar-refractivity contribution < 1.29 is 24.1 Å². The van der Waals surface area contributed by atoms with Crippen molar-refractivity contribution in [3.63, 3.8) is 0 Å². The lowest BCUT2D eigenvalue weighted by Gasteiger charge is -2.41. The summed E-state index contributed by atoms with van der Waals surface area (Å²) < 4.78 is 17.0. The third kappa shape index (κ3) is 5.94. The second-order valence-corrected chi connectivity index (χ2v) is 13.6. The highest BCUT2D eigenvalue weighted by Crippen LogP contribution is 2.48. The van der Waals surface area contributed by atoms with E-state index in [0.29, 0.717) is 35.6 Å². The number of hydrogen-bond acceptors (Lipinski definition) is 7. The van der Waals surface area contributed by atoms with Gasteiger partial charge in [0.2, 0.25) is 5.88 Å². The van der Waals surface area contributed by atoms with Crippen molar-refractivity contribution in [3.8, 4) is 45.1 Å². The summed E-state index contributed by atoms with van der Waals surface area (Å²) in [6.45, 7) is 4.41. The van der Waals surface area contributed by atoms with E-state index in [2.05, 4.69) is 21.9 Å². The van der Waals surface area contributed by atoms with E-state index in [1.165, 1.54) is 11.1 Å². The summed E-state index contributed by atoms with van der Waals surface area (Å²) in [6.07, 6.45) is 2.69. The Kier molecular flexibility index (Phi) is 9.37. The number of benzene rings is 3. The zero-order valence-electron chi connectivity index (χ0n) is 27.4. The third-order valence-electron chi connectivity index (χ3n) is 10.1. The van der Waals surface area contributed by atoms with Gasteiger partial charge in [0.1, 0.15) is 5.75 Å². The molecule has 0 amide bonds. The van der Waals surface area contributed by atoms with E-state index in [9.17, 15) is 9.90 Å². The molecule has 3 aromatic carbocycles. The summed E-state index contributed by atoms with van der Waals surface area (Å²) in [4.78, 5) is 21.0. The number of carboxylic acid groups (broad SMARTS) is 1. The molecule has 3 heterocycles. The topological polar surface area (TPSA) is 84.4 Å². The smallest absolute Gasteiger partial charge is 0.309 e. The molecule has 1 N–H and O–H groups in total. The van der Waals surface area contributed by atoms with Gasteiger partial charge in [-0.15, -0.1) is 0 Å². The van der Waals surface area contributed by atoms with E-state index in [4.69, 9.17) is 42.4 Å². The number of carbonyl (C=O) groups is 1. The molecule has 0 radical (unpaired) electrons. The molecule has 0 unspecified atom stereocenters. The van der Waals surface area contributed by atoms with Gasteiger partial charge in [0, 0.05) is 79.3 Å². The van der Waals surface area contributed by atoms with Crippen LogP contribution in [0.5, 0.6) is 11.6 Å². The van der Waals surface area contributed by atoms with Crippen LogP contribution in [0, 0.1) is 5.92 Å². The monoisotopic (exact) mass is 687 g/mol. The number of aryl methyl sites for hydroxylation is 1. The van der Waals surface area contributed by atoms with Crippen LogP contribution in [0.1, 0.15) is 34.7 Å². The van der Waals surface area contributed by atoms with Gasteiger partial charge in [-0.2, -0.15) is 0 Å². The molecule has 1 aliphatic carbocycles. The Balaban J connectivity index is 1.22. The number of pyridine rings is 1. The van der Waals surface area contributed by atoms with Gasteiger partial charge in [0.15, 0.2) is 0 Å². The maximum atomic E-state index is 11.4. The SMILES string of the molecule is COCCN1CCc2c(cc(-c3cccc(-c4cccc(-c5cc6c(c(OC)c5)[C@@H](N5CC(C(=O)O)C5)CC6)c4Cl)c3Cl)nc2OC)C1. The predicted octanol–water partition coefficient (Wildman–Crippen LogP) is 7.41. The van der Waals surface area contributed by atoms with Crippen LogP contribution in [0.2, 0.25) is 10.0 Å². The van der Waals surface area contributed by atoms with Gasteiger partial charge in [-0.1, -0.05) is 65.7 Å². The number of aliphatic carboxylic acids is 1. The number of rotatable bonds is 10. The van der Waals surface area contributed by atoms with Gasteiger partial charge < -0.3 is 19.3 Å². The maximum absolute atomic E-state index is 11.4. The summed E-state index contributed by atoms with van der Waals surface area (Å²) in [5.74, 6) is 0.417. The summed E-state index contributed by atoms with van der Waals surface area (Å²) >= 11 is 14.5. The second kappa shape index (κ2) is 13.7. The van der Waals surface area contributed by atoms with Crippen molar-refractivity contribution in [2.45, 2.75) is 31.8 Å². The van der Waals surface area contributed by atoms with E-state index < -0.39 is 5.97 Å². The van der Waals surface area contributed by atoms with E-state index in [1.807, 2.05) is 42.5 Å². The summed E-state index contributed by atoms with van der Waals surface area (Å²) in [5.41, 5.74) is 9.77. The summed E-state index contributed by atoms with van der Waals surface area (Å²) in [7, 11) is 5.09. The van der Waals surface area contributed by atoms with Crippen LogP contribution in [0.3, 0.4) is 0 Å². The summed E-state index contributed by atoms with van der Waals surface area (Å²) in [5, 5.41) is 10.6. The van der Waals surface area contributed by atoms with Crippen LogP contribution >= 0.6 is 23.2 Å². The van der Waals surface area contributed by atoms with Crippen LogP contribution in [0.15, 0.2) is 54.6 Å². The molecule has 0 saturated carbocycles. The number of aromatic nitrogens is 1. The number of methoxy groups -OCH3 is 3. The van der Waals surface area contributed by atoms with Crippen molar-refractivity contribution in [1.82, 2.24) is 14.8 Å². The van der Waals surface area contributed by atoms with E-state index >= 15 is 0 Å². The first-order chi connectivity index (χ1) is 23.3. The minimum Gasteiger partial charge on any atom is -0.496 e. The van der Waals surface area contributed by atoms with Crippen molar-refractivity contribution >= 4 is 29.2 Å². The molecule has 1 fully saturated rings. The van der Waals surface area contributed by atoms with Crippen LogP contribution in [0.25, 0.3) is 33.5 Å². The average Bonchev–Trinajstić information content (AvgIpc) is 3.49. The lowest BCUT2D eigenvalue weighted by atomic mass is 9.92. The Bertz CT molecular complexity index is 1880. The van der Waals surface area contributed by atoms with Crippen molar-refractivity contribution in [3.05, 3.63) is 86.9 Å². The number of likely N-dealkylation sites (tertiary alicyclic amines) is 1. The second-order valence-electron chi connectivity index (χ2n) is 12.8. The molecule has 4 aromatic rings. The van der Waals surface area contributed by atoms with Crippen molar-refractivity contribution in [1.29, 1.82) is 0 Å². The van der Waals surface area contributed by atoms with Gasteiger partial charge in [-0.25, -0.2) is 4.98 Å². The average molecular weight is 689 g/mol. The standard InChI is InChI=1S/C38H39Cl2N3O5/c1-46-15-14-42-13-12-27-24(19-42)17-31(41-37(27)48-3)30-9-5-8-29(36(30)40)28-7-4-6-26(35(28)39)23-16-22-10-11-32(34(22)33(18-23)47-2)43-20-25(21-43)38(44)45/h4-9,16-18,25,32H,10-15,19-21H2,1-3H3,(H,44,45)/t32-/m0/s1. The first-order valence-electron chi connectivity index (χ1n) is 16.3. The third-order valence-corrected chi connectivity index (χ3v) is 10.9. The Morgan fingerprint density at radius 2 is 1.62 bits per heavy atom. The molecule has 0 spiro atoms. The minimum absolute atomic E-state index is 0.159. The fourth-order valence-electron chi connectivity index (χ4n) is 7.53. The molecule has 10 heteroatoms. The van der Waals surface area contributed by atoms with Crippen molar-refractivity contribution in [2.24, 2.45) is 5.92 Å². The van der Waals surface area contributed by atoms with Crippen LogP contribution in [-0.4, -0.2) is 80.0 Å². The number of ether oxygens (including phenoxy) is 3. The Morgan fingerprint density at radius 1 is 0.917 bits per heavy atom. The molecular weight excluding hydrogens is 649 g/mol. The highest BCUT2D eigenvalue weighted by molar-refractivity contribution is 6.39. The maximum Gasteiger partial charge on any atom is 0.309 e. The quantitative estimate of drug-likeness (QED) is 0.185. The molecule has 8 nitrogen and oxygen atoms in total. The fraction of sp³-hybridized carbons (Fsp3) is 0.368.